The van der Waals surface area contributed by atoms with Gasteiger partial charge in [0.2, 0.25) is 5.91 Å². The summed E-state index contributed by atoms with van der Waals surface area (Å²) in [5.41, 5.74) is 0.400. The number of amides is 1. The Morgan fingerprint density at radius 2 is 1.87 bits per heavy atom. The summed E-state index contributed by atoms with van der Waals surface area (Å²) in [6.07, 6.45) is 6.27. The predicted octanol–water partition coefficient (Wildman–Crippen LogP) is 4.78. The minimum atomic E-state index is -0.490. The number of ether oxygens (including phenoxy) is 1. The number of carbonyl (C=O) groups is 2. The molecule has 1 aromatic rings. The Labute approximate surface area is 183 Å². The number of hydrogen-bond donors (Lipinski definition) is 0. The monoisotopic (exact) mass is 428 g/mol. The van der Waals surface area contributed by atoms with Crippen LogP contribution in [-0.2, 0) is 9.53 Å². The highest BCUT2D eigenvalue weighted by Crippen LogP contribution is 2.43. The number of Topliss-reactive ketones (excluding diaryl/α,β-unsaturated/α-hetero) is 1. The number of non-ortho nitro benzene ring substituents is 1. The number of nitrogens with zero attached hydrogens (tertiary/aromatic N) is 2. The third kappa shape index (κ3) is 6.51. The lowest BCUT2D eigenvalue weighted by Crippen LogP contribution is -2.35. The predicted molar refractivity (Wildman–Crippen MR) is 120 cm³/mol. The smallest absolute Gasteiger partial charge is 0.269 e. The lowest BCUT2D eigenvalue weighted by atomic mass is 9.93. The van der Waals surface area contributed by atoms with Gasteiger partial charge in [-0.3, -0.25) is 19.7 Å². The van der Waals surface area contributed by atoms with Gasteiger partial charge in [-0.1, -0.05) is 12.7 Å². The summed E-state index contributed by atoms with van der Waals surface area (Å²) in [7, 11) is 3.37. The summed E-state index contributed by atoms with van der Waals surface area (Å²) >= 11 is 0. The highest BCUT2D eigenvalue weighted by molar-refractivity contribution is 5.96. The Bertz CT molecular complexity index is 818. The Kier molecular flexibility index (Phi) is 8.97. The zero-order chi connectivity index (χ0) is 23.0. The summed E-state index contributed by atoms with van der Waals surface area (Å²) in [5, 5.41) is 10.8. The number of hydrogen-bond acceptors (Lipinski definition) is 5. The molecular formula is C24H32N2O5. The van der Waals surface area contributed by atoms with Crippen molar-refractivity contribution in [1.82, 2.24) is 4.90 Å². The average molecular weight is 429 g/mol. The standard InChI is InChI=1S/C24H32N2O5/c1-5-6-7-8-13-25(3)24(28)22-15-18(14-21(22)17(2)31-4)16-23(27)19-9-11-20(12-10-19)26(29)30/h5,9-12,18,21-22H,1-2,6-8,13-16H2,3-4H3/t18-,21-,22+/m0/s1. The molecule has 1 aliphatic carbocycles. The normalized spacial score (nSPS) is 20.1. The van der Waals surface area contributed by atoms with Crippen molar-refractivity contribution in [3.05, 3.63) is 64.9 Å². The Balaban J connectivity index is 2.03. The van der Waals surface area contributed by atoms with Gasteiger partial charge in [0.05, 0.1) is 17.8 Å². The number of carbonyl (C=O) groups excluding carboxylic acids is 2. The first kappa shape index (κ1) is 24.3. The second-order valence-corrected chi connectivity index (χ2v) is 8.20. The Morgan fingerprint density at radius 1 is 1.23 bits per heavy atom. The molecule has 0 saturated heterocycles. The van der Waals surface area contributed by atoms with Crippen LogP contribution in [0, 0.1) is 27.9 Å². The van der Waals surface area contributed by atoms with Gasteiger partial charge in [-0.25, -0.2) is 0 Å². The molecule has 0 spiro atoms. The van der Waals surface area contributed by atoms with Crippen LogP contribution in [-0.4, -0.2) is 42.2 Å². The number of benzene rings is 1. The van der Waals surface area contributed by atoms with E-state index in [2.05, 4.69) is 13.2 Å². The molecule has 0 radical (unpaired) electrons. The second-order valence-electron chi connectivity index (χ2n) is 8.20. The van der Waals surface area contributed by atoms with Gasteiger partial charge in [0.1, 0.15) is 0 Å². The van der Waals surface area contributed by atoms with Crippen molar-refractivity contribution in [1.29, 1.82) is 0 Å². The minimum absolute atomic E-state index is 0.0303. The van der Waals surface area contributed by atoms with Crippen LogP contribution in [0.1, 0.15) is 48.9 Å². The van der Waals surface area contributed by atoms with Crippen LogP contribution < -0.4 is 0 Å². The summed E-state index contributed by atoms with van der Waals surface area (Å²) in [5.74, 6) is 0.209. The molecule has 7 heteroatoms. The van der Waals surface area contributed by atoms with E-state index in [1.54, 1.807) is 12.0 Å². The molecule has 1 aliphatic rings. The molecule has 2 rings (SSSR count). The maximum Gasteiger partial charge on any atom is 0.269 e. The molecule has 7 nitrogen and oxygen atoms in total. The highest BCUT2D eigenvalue weighted by Gasteiger charge is 2.42. The highest BCUT2D eigenvalue weighted by atomic mass is 16.6. The molecule has 31 heavy (non-hydrogen) atoms. The van der Waals surface area contributed by atoms with E-state index in [1.807, 2.05) is 13.1 Å². The minimum Gasteiger partial charge on any atom is -0.501 e. The molecule has 1 amide bonds. The van der Waals surface area contributed by atoms with E-state index in [0.717, 1.165) is 19.3 Å². The second kappa shape index (κ2) is 11.4. The third-order valence-corrected chi connectivity index (χ3v) is 6.06. The van der Waals surface area contributed by atoms with Crippen molar-refractivity contribution in [3.8, 4) is 0 Å². The molecule has 1 aromatic carbocycles. The van der Waals surface area contributed by atoms with Crippen molar-refractivity contribution in [2.75, 3.05) is 20.7 Å². The van der Waals surface area contributed by atoms with Crippen LogP contribution >= 0.6 is 0 Å². The van der Waals surface area contributed by atoms with E-state index in [9.17, 15) is 19.7 Å². The SMILES string of the molecule is C=CCCCCN(C)C(=O)[C@@H]1C[C@@H](CC(=O)c2ccc([N+](=O)[O-])cc2)C[C@H]1C(=C)OC. The topological polar surface area (TPSA) is 89.8 Å². The van der Waals surface area contributed by atoms with Crippen LogP contribution in [0.5, 0.6) is 0 Å². The van der Waals surface area contributed by atoms with E-state index >= 15 is 0 Å². The summed E-state index contributed by atoms with van der Waals surface area (Å²) in [6.45, 7) is 8.38. The van der Waals surface area contributed by atoms with Crippen molar-refractivity contribution in [2.24, 2.45) is 17.8 Å². The first-order valence-electron chi connectivity index (χ1n) is 10.6. The van der Waals surface area contributed by atoms with Gasteiger partial charge >= 0.3 is 0 Å². The van der Waals surface area contributed by atoms with Crippen LogP contribution in [0.25, 0.3) is 0 Å². The van der Waals surface area contributed by atoms with Crippen LogP contribution in [0.2, 0.25) is 0 Å². The lowest BCUT2D eigenvalue weighted by molar-refractivity contribution is -0.384. The lowest BCUT2D eigenvalue weighted by Gasteiger charge is -2.25. The van der Waals surface area contributed by atoms with E-state index < -0.39 is 4.92 Å². The summed E-state index contributed by atoms with van der Waals surface area (Å²) in [4.78, 5) is 37.9. The largest absolute Gasteiger partial charge is 0.501 e. The number of allylic oxidation sites excluding steroid dienone is 2. The van der Waals surface area contributed by atoms with Gasteiger partial charge < -0.3 is 9.64 Å². The molecule has 0 bridgehead atoms. The molecule has 0 aromatic heterocycles. The molecule has 0 N–H and O–H groups in total. The maximum absolute atomic E-state index is 13.1. The first-order valence-corrected chi connectivity index (χ1v) is 10.6. The molecular weight excluding hydrogens is 396 g/mol. The van der Waals surface area contributed by atoms with Crippen molar-refractivity contribution < 1.29 is 19.2 Å². The van der Waals surface area contributed by atoms with Crippen molar-refractivity contribution in [3.63, 3.8) is 0 Å². The van der Waals surface area contributed by atoms with Crippen LogP contribution in [0.4, 0.5) is 5.69 Å². The molecule has 168 valence electrons. The molecule has 0 unspecified atom stereocenters. The number of unbranched alkanes of at least 4 members (excludes halogenated alkanes) is 2. The molecule has 1 fully saturated rings. The Morgan fingerprint density at radius 3 is 2.45 bits per heavy atom. The molecule has 1 saturated carbocycles. The Hall–Kier alpha value is -2.96. The summed E-state index contributed by atoms with van der Waals surface area (Å²) in [6, 6.07) is 5.65. The van der Waals surface area contributed by atoms with E-state index in [1.165, 1.54) is 24.3 Å². The van der Waals surface area contributed by atoms with Crippen LogP contribution in [0.3, 0.4) is 0 Å². The van der Waals surface area contributed by atoms with E-state index in [0.29, 0.717) is 30.7 Å². The van der Waals surface area contributed by atoms with Crippen LogP contribution in [0.15, 0.2) is 49.3 Å². The van der Waals surface area contributed by atoms with Gasteiger partial charge in [0.25, 0.3) is 5.69 Å². The molecule has 0 heterocycles. The maximum atomic E-state index is 13.1. The zero-order valence-electron chi connectivity index (χ0n) is 18.4. The van der Waals surface area contributed by atoms with E-state index in [-0.39, 0.29) is 41.6 Å². The fourth-order valence-corrected chi connectivity index (χ4v) is 4.27. The third-order valence-electron chi connectivity index (χ3n) is 6.06. The summed E-state index contributed by atoms with van der Waals surface area (Å²) < 4.78 is 5.36. The number of ketones is 1. The van der Waals surface area contributed by atoms with Crippen molar-refractivity contribution >= 4 is 17.4 Å². The quantitative estimate of drug-likeness (QED) is 0.119. The van der Waals surface area contributed by atoms with Gasteiger partial charge in [-0.2, -0.15) is 0 Å². The van der Waals surface area contributed by atoms with Gasteiger partial charge in [-0.05, 0) is 50.2 Å². The fraction of sp³-hybridized carbons (Fsp3) is 0.500. The number of nitro benzene ring substituents is 1. The number of methoxy groups -OCH3 is 1. The first-order chi connectivity index (χ1) is 14.8. The van der Waals surface area contributed by atoms with Gasteiger partial charge in [0.15, 0.2) is 5.78 Å². The number of nitro groups is 1. The van der Waals surface area contributed by atoms with Gasteiger partial charge in [0, 0.05) is 49.5 Å². The van der Waals surface area contributed by atoms with Gasteiger partial charge in [-0.15, -0.1) is 6.58 Å². The molecule has 3 atom stereocenters. The molecule has 0 aliphatic heterocycles. The fourth-order valence-electron chi connectivity index (χ4n) is 4.27. The van der Waals surface area contributed by atoms with E-state index in [4.69, 9.17) is 4.74 Å². The zero-order valence-corrected chi connectivity index (χ0v) is 18.4. The van der Waals surface area contributed by atoms with Crippen molar-refractivity contribution in [2.45, 2.75) is 38.5 Å². The number of rotatable bonds is 12. The average Bonchev–Trinajstić information content (AvgIpc) is 3.19.